The quantitative estimate of drug-likeness (QED) is 0.523. The van der Waals surface area contributed by atoms with Gasteiger partial charge in [0.2, 0.25) is 5.78 Å². The number of carbonyl (C=O) groups excluding carboxylic acids is 2. The Morgan fingerprint density at radius 3 is 2.65 bits per heavy atom. The lowest BCUT2D eigenvalue weighted by atomic mass is 10.1. The summed E-state index contributed by atoms with van der Waals surface area (Å²) < 4.78 is 6.93. The Morgan fingerprint density at radius 1 is 1.27 bits per heavy atom. The number of carbonyl (C=O) groups is 2. The second kappa shape index (κ2) is 6.60. The summed E-state index contributed by atoms with van der Waals surface area (Å²) in [7, 11) is 1.32. The van der Waals surface area contributed by atoms with Gasteiger partial charge in [-0.25, -0.2) is 9.59 Å². The van der Waals surface area contributed by atoms with Crippen LogP contribution in [0.5, 0.6) is 0 Å². The summed E-state index contributed by atoms with van der Waals surface area (Å²) in [5.41, 5.74) is 4.37. The van der Waals surface area contributed by atoms with Gasteiger partial charge in [-0.05, 0) is 23.9 Å². The summed E-state index contributed by atoms with van der Waals surface area (Å²) in [4.78, 5) is 50.2. The van der Waals surface area contributed by atoms with Gasteiger partial charge in [0, 0.05) is 11.7 Å². The smallest absolute Gasteiger partial charge is 0.349 e. The SMILES string of the molecule is Cc1c(C(=O)OCC(=O)c2c(N)n(C)c(=O)[nH]c2=O)sc2ccccc12. The van der Waals surface area contributed by atoms with Gasteiger partial charge in [0.15, 0.2) is 6.61 Å². The second-order valence-electron chi connectivity index (χ2n) is 5.63. The van der Waals surface area contributed by atoms with Crippen LogP contribution in [0.3, 0.4) is 0 Å². The molecule has 2 aromatic heterocycles. The molecule has 3 aromatic rings. The van der Waals surface area contributed by atoms with Gasteiger partial charge in [-0.1, -0.05) is 18.2 Å². The number of nitrogen functional groups attached to an aromatic ring is 1. The number of thiophene rings is 1. The van der Waals surface area contributed by atoms with E-state index < -0.39 is 35.2 Å². The number of nitrogens with one attached hydrogen (secondary N) is 1. The monoisotopic (exact) mass is 373 g/mol. The molecule has 0 saturated heterocycles. The molecule has 1 aromatic carbocycles. The van der Waals surface area contributed by atoms with Crippen LogP contribution in [0, 0.1) is 6.92 Å². The summed E-state index contributed by atoms with van der Waals surface area (Å²) in [6.07, 6.45) is 0. The van der Waals surface area contributed by atoms with E-state index in [0.717, 1.165) is 20.2 Å². The summed E-state index contributed by atoms with van der Waals surface area (Å²) in [5, 5.41) is 0.939. The van der Waals surface area contributed by atoms with Gasteiger partial charge < -0.3 is 10.5 Å². The molecule has 26 heavy (non-hydrogen) atoms. The van der Waals surface area contributed by atoms with Crippen LogP contribution < -0.4 is 17.0 Å². The molecule has 0 aliphatic carbocycles. The number of nitrogens with two attached hydrogens (primary N) is 1. The molecule has 8 nitrogen and oxygen atoms in total. The van der Waals surface area contributed by atoms with Crippen molar-refractivity contribution in [2.24, 2.45) is 7.05 Å². The minimum absolute atomic E-state index is 0.280. The Balaban J connectivity index is 1.83. The number of ether oxygens (including phenoxy) is 1. The molecule has 0 saturated carbocycles. The maximum atomic E-state index is 12.3. The first-order valence-corrected chi connectivity index (χ1v) is 8.40. The van der Waals surface area contributed by atoms with Crippen LogP contribution in [0.15, 0.2) is 33.9 Å². The van der Waals surface area contributed by atoms with E-state index in [0.29, 0.717) is 4.88 Å². The number of hydrogen-bond acceptors (Lipinski definition) is 7. The molecule has 0 amide bonds. The molecule has 0 atom stereocenters. The summed E-state index contributed by atoms with van der Waals surface area (Å²) in [5.74, 6) is -1.72. The number of benzene rings is 1. The number of hydrogen-bond donors (Lipinski definition) is 2. The van der Waals surface area contributed by atoms with Crippen molar-refractivity contribution in [2.75, 3.05) is 12.3 Å². The van der Waals surface area contributed by atoms with Crippen LogP contribution in [-0.4, -0.2) is 27.9 Å². The van der Waals surface area contributed by atoms with Gasteiger partial charge in [-0.3, -0.25) is 19.1 Å². The number of anilines is 1. The molecule has 0 unspecified atom stereocenters. The second-order valence-corrected chi connectivity index (χ2v) is 6.68. The highest BCUT2D eigenvalue weighted by Crippen LogP contribution is 2.30. The zero-order valence-electron chi connectivity index (χ0n) is 14.0. The molecule has 0 spiro atoms. The van der Waals surface area contributed by atoms with Crippen LogP contribution in [-0.2, 0) is 11.8 Å². The van der Waals surface area contributed by atoms with E-state index in [1.807, 2.05) is 29.2 Å². The third-order valence-corrected chi connectivity index (χ3v) is 5.26. The van der Waals surface area contributed by atoms with E-state index in [1.165, 1.54) is 18.4 Å². The Hall–Kier alpha value is -3.20. The van der Waals surface area contributed by atoms with E-state index in [1.54, 1.807) is 6.92 Å². The lowest BCUT2D eigenvalue weighted by Gasteiger charge is -2.08. The summed E-state index contributed by atoms with van der Waals surface area (Å²) >= 11 is 1.27. The minimum Gasteiger partial charge on any atom is -0.453 e. The van der Waals surface area contributed by atoms with Gasteiger partial charge in [0.05, 0.1) is 0 Å². The van der Waals surface area contributed by atoms with Crippen molar-refractivity contribution in [3.05, 3.63) is 61.1 Å². The van der Waals surface area contributed by atoms with Crippen molar-refractivity contribution in [3.8, 4) is 0 Å². The molecule has 0 aliphatic heterocycles. The molecular formula is C17H15N3O5S. The van der Waals surface area contributed by atoms with Crippen LogP contribution in [0.1, 0.15) is 25.6 Å². The maximum Gasteiger partial charge on any atom is 0.349 e. The molecule has 0 radical (unpaired) electrons. The standard InChI is InChI=1S/C17H15N3O5S/c1-8-9-5-3-4-6-11(9)26-13(8)16(23)25-7-10(21)12-14(18)20(2)17(24)19-15(12)22/h3-6H,7,18H2,1-2H3,(H,19,22,24). The normalized spacial score (nSPS) is 10.8. The van der Waals surface area contributed by atoms with Crippen molar-refractivity contribution in [1.82, 2.24) is 9.55 Å². The van der Waals surface area contributed by atoms with Gasteiger partial charge in [0.1, 0.15) is 16.3 Å². The van der Waals surface area contributed by atoms with Crippen LogP contribution in [0.25, 0.3) is 10.1 Å². The van der Waals surface area contributed by atoms with E-state index in [2.05, 4.69) is 0 Å². The molecule has 0 aliphatic rings. The zero-order chi connectivity index (χ0) is 19.0. The fourth-order valence-electron chi connectivity index (χ4n) is 2.54. The molecule has 3 rings (SSSR count). The topological polar surface area (TPSA) is 124 Å². The summed E-state index contributed by atoms with van der Waals surface area (Å²) in [6.45, 7) is 1.14. The molecule has 0 fully saturated rings. The number of rotatable bonds is 4. The van der Waals surface area contributed by atoms with Crippen LogP contribution in [0.2, 0.25) is 0 Å². The Morgan fingerprint density at radius 2 is 1.96 bits per heavy atom. The van der Waals surface area contributed by atoms with Crippen molar-refractivity contribution in [2.45, 2.75) is 6.92 Å². The highest BCUT2D eigenvalue weighted by atomic mass is 32.1. The van der Waals surface area contributed by atoms with Crippen molar-refractivity contribution in [3.63, 3.8) is 0 Å². The number of H-pyrrole nitrogens is 1. The first-order valence-electron chi connectivity index (χ1n) is 7.58. The highest BCUT2D eigenvalue weighted by Gasteiger charge is 2.22. The third-order valence-electron chi connectivity index (χ3n) is 4.01. The fourth-order valence-corrected chi connectivity index (χ4v) is 3.65. The number of aryl methyl sites for hydroxylation is 1. The molecule has 3 N–H and O–H groups in total. The number of aromatic nitrogens is 2. The molecule has 0 bridgehead atoms. The lowest BCUT2D eigenvalue weighted by Crippen LogP contribution is -2.35. The Labute approximate surface area is 150 Å². The first kappa shape index (κ1) is 17.6. The van der Waals surface area contributed by atoms with E-state index in [4.69, 9.17) is 10.5 Å². The average molecular weight is 373 g/mol. The van der Waals surface area contributed by atoms with Crippen molar-refractivity contribution < 1.29 is 14.3 Å². The predicted molar refractivity (Wildman–Crippen MR) is 97.9 cm³/mol. The average Bonchev–Trinajstić information content (AvgIpc) is 2.95. The Bertz CT molecular complexity index is 1160. The minimum atomic E-state index is -0.912. The van der Waals surface area contributed by atoms with Crippen molar-refractivity contribution in [1.29, 1.82) is 0 Å². The summed E-state index contributed by atoms with van der Waals surface area (Å²) in [6, 6.07) is 7.52. The predicted octanol–water partition coefficient (Wildman–Crippen LogP) is 1.22. The number of fused-ring (bicyclic) bond motifs is 1. The van der Waals surface area contributed by atoms with E-state index >= 15 is 0 Å². The van der Waals surface area contributed by atoms with E-state index in [-0.39, 0.29) is 5.82 Å². The van der Waals surface area contributed by atoms with E-state index in [9.17, 15) is 19.2 Å². The van der Waals surface area contributed by atoms with Gasteiger partial charge in [-0.2, -0.15) is 0 Å². The zero-order valence-corrected chi connectivity index (χ0v) is 14.8. The van der Waals surface area contributed by atoms with Gasteiger partial charge >= 0.3 is 11.7 Å². The fraction of sp³-hybridized carbons (Fsp3) is 0.176. The highest BCUT2D eigenvalue weighted by molar-refractivity contribution is 7.21. The third kappa shape index (κ3) is 2.93. The maximum absolute atomic E-state index is 12.3. The molecule has 2 heterocycles. The molecular weight excluding hydrogens is 358 g/mol. The molecule has 9 heteroatoms. The van der Waals surface area contributed by atoms with Crippen LogP contribution in [0.4, 0.5) is 5.82 Å². The van der Waals surface area contributed by atoms with Crippen molar-refractivity contribution >= 4 is 39.0 Å². The van der Waals surface area contributed by atoms with Crippen LogP contribution >= 0.6 is 11.3 Å². The van der Waals surface area contributed by atoms with Gasteiger partial charge in [0.25, 0.3) is 5.56 Å². The molecule has 134 valence electrons. The number of esters is 1. The Kier molecular flexibility index (Phi) is 4.47. The lowest BCUT2D eigenvalue weighted by molar-refractivity contribution is 0.0478. The number of aromatic amines is 1. The largest absolute Gasteiger partial charge is 0.453 e. The first-order chi connectivity index (χ1) is 12.3. The number of Topliss-reactive ketones (excluding diaryl/α,β-unsaturated/α-hetero) is 1. The number of ketones is 1. The number of nitrogens with zero attached hydrogens (tertiary/aromatic N) is 1. The van der Waals surface area contributed by atoms with Gasteiger partial charge in [-0.15, -0.1) is 11.3 Å².